The molecule has 0 saturated carbocycles. The van der Waals surface area contributed by atoms with E-state index in [1.54, 1.807) is 35.4 Å². The maximum Gasteiger partial charge on any atom is 0.314 e. The average molecular weight is 424 g/mol. The second-order valence-corrected chi connectivity index (χ2v) is 7.90. The minimum absolute atomic E-state index is 0.137. The molecule has 1 unspecified atom stereocenters. The number of carbonyl (C=O) groups excluding carboxylic acids is 2. The molecule has 31 heavy (non-hydrogen) atoms. The maximum atomic E-state index is 14.0. The Kier molecular flexibility index (Phi) is 4.82. The Morgan fingerprint density at radius 1 is 1.16 bits per heavy atom. The van der Waals surface area contributed by atoms with Crippen molar-refractivity contribution in [2.24, 2.45) is 5.41 Å². The zero-order chi connectivity index (χ0) is 21.4. The molecule has 1 N–H and O–H groups in total. The van der Waals surface area contributed by atoms with Gasteiger partial charge in [0.05, 0.1) is 30.4 Å². The summed E-state index contributed by atoms with van der Waals surface area (Å²) in [4.78, 5) is 27.2. The molecule has 2 aromatic heterocycles. The highest BCUT2D eigenvalue weighted by Gasteiger charge is 2.57. The van der Waals surface area contributed by atoms with E-state index < -0.39 is 17.6 Å². The van der Waals surface area contributed by atoms with Gasteiger partial charge in [-0.3, -0.25) is 9.59 Å². The number of furan rings is 1. The summed E-state index contributed by atoms with van der Waals surface area (Å²) in [5, 5.41) is 6.64. The summed E-state index contributed by atoms with van der Waals surface area (Å²) >= 11 is 0. The lowest BCUT2D eigenvalue weighted by atomic mass is 9.65. The first kappa shape index (κ1) is 19.5. The third-order valence-corrected chi connectivity index (χ3v) is 6.07. The van der Waals surface area contributed by atoms with E-state index in [1.807, 2.05) is 6.07 Å². The largest absolute Gasteiger partial charge is 0.467 e. The molecule has 2 aliphatic rings. The third-order valence-electron chi connectivity index (χ3n) is 6.07. The van der Waals surface area contributed by atoms with Crippen LogP contribution >= 0.6 is 0 Å². The summed E-state index contributed by atoms with van der Waals surface area (Å²) < 4.78 is 26.3. The van der Waals surface area contributed by atoms with E-state index in [4.69, 9.17) is 9.15 Å². The minimum atomic E-state index is -0.772. The van der Waals surface area contributed by atoms with E-state index >= 15 is 0 Å². The van der Waals surface area contributed by atoms with Crippen molar-refractivity contribution in [3.63, 3.8) is 0 Å². The quantitative estimate of drug-likeness (QED) is 0.653. The Bertz CT molecular complexity index is 1100. The molecule has 8 nitrogen and oxygen atoms in total. The maximum absolute atomic E-state index is 14.0. The van der Waals surface area contributed by atoms with Gasteiger partial charge < -0.3 is 19.4 Å². The van der Waals surface area contributed by atoms with Crippen molar-refractivity contribution in [1.82, 2.24) is 14.7 Å². The molecular formula is C22H21FN4O4. The van der Waals surface area contributed by atoms with E-state index in [0.29, 0.717) is 31.2 Å². The van der Waals surface area contributed by atoms with Gasteiger partial charge in [0.1, 0.15) is 17.3 Å². The number of anilines is 1. The van der Waals surface area contributed by atoms with E-state index in [9.17, 15) is 14.0 Å². The lowest BCUT2D eigenvalue weighted by molar-refractivity contribution is -0.174. The zero-order valence-electron chi connectivity index (χ0n) is 16.7. The fraction of sp³-hybridized carbons (Fsp3) is 0.318. The molecular weight excluding hydrogens is 403 g/mol. The molecule has 1 spiro atoms. The average Bonchev–Trinajstić information content (AvgIpc) is 3.45. The molecule has 4 heterocycles. The molecule has 0 bridgehead atoms. The number of para-hydroxylation sites is 1. The molecule has 2 amide bonds. The fourth-order valence-electron chi connectivity index (χ4n) is 4.51. The van der Waals surface area contributed by atoms with Crippen molar-refractivity contribution >= 4 is 17.5 Å². The van der Waals surface area contributed by atoms with Crippen LogP contribution < -0.4 is 5.32 Å². The molecule has 0 aliphatic carbocycles. The van der Waals surface area contributed by atoms with Crippen LogP contribution in [0.4, 0.5) is 10.1 Å². The monoisotopic (exact) mass is 424 g/mol. The van der Waals surface area contributed by atoms with E-state index in [1.165, 1.54) is 23.1 Å². The number of aromatic nitrogens is 2. The van der Waals surface area contributed by atoms with Crippen LogP contribution in [0.5, 0.6) is 0 Å². The van der Waals surface area contributed by atoms with Gasteiger partial charge in [-0.2, -0.15) is 5.10 Å². The number of hydrogen-bond acceptors (Lipinski definition) is 5. The van der Waals surface area contributed by atoms with Crippen molar-refractivity contribution < 1.29 is 23.1 Å². The Morgan fingerprint density at radius 3 is 2.71 bits per heavy atom. The van der Waals surface area contributed by atoms with Gasteiger partial charge in [0.25, 0.3) is 0 Å². The van der Waals surface area contributed by atoms with Crippen molar-refractivity contribution in [3.05, 3.63) is 66.6 Å². The zero-order valence-corrected chi connectivity index (χ0v) is 16.7. The molecule has 1 atom stereocenters. The molecule has 9 heteroatoms. The van der Waals surface area contributed by atoms with Crippen LogP contribution in [-0.4, -0.2) is 46.3 Å². The number of rotatable bonds is 3. The lowest BCUT2D eigenvalue weighted by Crippen LogP contribution is -2.63. The minimum Gasteiger partial charge on any atom is -0.467 e. The van der Waals surface area contributed by atoms with Crippen molar-refractivity contribution in [3.8, 4) is 5.69 Å². The fourth-order valence-corrected chi connectivity index (χ4v) is 4.51. The standard InChI is InChI=1S/C22H21FN4O4/c23-16-4-1-2-5-17(16)27-13-15(12-24-27)25-20(28)21(29)26-14-22(7-10-30-11-8-22)19(26)18-6-3-9-31-18/h1-6,9,12-13,19H,7-8,10-11,14H2,(H,25,28). The topological polar surface area (TPSA) is 89.6 Å². The lowest BCUT2D eigenvalue weighted by Gasteiger charge is -2.57. The number of carbonyl (C=O) groups is 2. The van der Waals surface area contributed by atoms with Gasteiger partial charge in [-0.05, 0) is 37.1 Å². The van der Waals surface area contributed by atoms with Gasteiger partial charge in [-0.25, -0.2) is 9.07 Å². The number of ether oxygens (including phenoxy) is 1. The molecule has 2 aliphatic heterocycles. The number of benzene rings is 1. The third kappa shape index (κ3) is 3.40. The first-order valence-corrected chi connectivity index (χ1v) is 10.1. The van der Waals surface area contributed by atoms with Gasteiger partial charge in [-0.15, -0.1) is 0 Å². The summed E-state index contributed by atoms with van der Waals surface area (Å²) in [5.41, 5.74) is 0.413. The Labute approximate surface area is 177 Å². The molecule has 5 rings (SSSR count). The number of amides is 2. The normalized spacial score (nSPS) is 19.8. The second kappa shape index (κ2) is 7.66. The number of halogens is 1. The Morgan fingerprint density at radius 2 is 1.97 bits per heavy atom. The van der Waals surface area contributed by atoms with E-state index in [2.05, 4.69) is 10.4 Å². The van der Waals surface area contributed by atoms with Crippen LogP contribution in [0.2, 0.25) is 0 Å². The highest BCUT2D eigenvalue weighted by atomic mass is 19.1. The van der Waals surface area contributed by atoms with Gasteiger partial charge in [0, 0.05) is 25.2 Å². The highest BCUT2D eigenvalue weighted by molar-refractivity contribution is 6.39. The molecule has 0 radical (unpaired) electrons. The van der Waals surface area contributed by atoms with E-state index in [-0.39, 0.29) is 17.1 Å². The number of nitrogens with zero attached hydrogens (tertiary/aromatic N) is 3. The summed E-state index contributed by atoms with van der Waals surface area (Å²) in [7, 11) is 0. The van der Waals surface area contributed by atoms with Crippen LogP contribution in [0.3, 0.4) is 0 Å². The summed E-state index contributed by atoms with van der Waals surface area (Å²) in [6, 6.07) is 9.47. The van der Waals surface area contributed by atoms with Crippen molar-refractivity contribution in [2.75, 3.05) is 25.1 Å². The van der Waals surface area contributed by atoms with Gasteiger partial charge >= 0.3 is 11.8 Å². The predicted octanol–water partition coefficient (Wildman–Crippen LogP) is 2.92. The molecule has 160 valence electrons. The molecule has 2 fully saturated rings. The number of likely N-dealkylation sites (tertiary alicyclic amines) is 1. The van der Waals surface area contributed by atoms with E-state index in [0.717, 1.165) is 12.8 Å². The van der Waals surface area contributed by atoms with Gasteiger partial charge in [-0.1, -0.05) is 12.1 Å². The van der Waals surface area contributed by atoms with Crippen LogP contribution in [0.25, 0.3) is 5.69 Å². The Balaban J connectivity index is 1.31. The molecule has 3 aromatic rings. The molecule has 2 saturated heterocycles. The molecule has 1 aromatic carbocycles. The SMILES string of the molecule is O=C(Nc1cnn(-c2ccccc2F)c1)C(=O)N1CC2(CCOCC2)C1c1ccco1. The first-order valence-electron chi connectivity index (χ1n) is 10.1. The van der Waals surface area contributed by atoms with Crippen LogP contribution in [-0.2, 0) is 14.3 Å². The van der Waals surface area contributed by atoms with Gasteiger partial charge in [0.2, 0.25) is 0 Å². The van der Waals surface area contributed by atoms with Crippen LogP contribution in [0.1, 0.15) is 24.6 Å². The van der Waals surface area contributed by atoms with Crippen LogP contribution in [0.15, 0.2) is 59.5 Å². The number of hydrogen-bond donors (Lipinski definition) is 1. The van der Waals surface area contributed by atoms with Crippen LogP contribution in [0, 0.1) is 11.2 Å². The highest BCUT2D eigenvalue weighted by Crippen LogP contribution is 2.54. The van der Waals surface area contributed by atoms with Crippen molar-refractivity contribution in [2.45, 2.75) is 18.9 Å². The van der Waals surface area contributed by atoms with Gasteiger partial charge in [0.15, 0.2) is 0 Å². The first-order chi connectivity index (χ1) is 15.1. The summed E-state index contributed by atoms with van der Waals surface area (Å²) in [6.45, 7) is 1.73. The predicted molar refractivity (Wildman–Crippen MR) is 108 cm³/mol. The summed E-state index contributed by atoms with van der Waals surface area (Å²) in [5.74, 6) is -1.19. The second-order valence-electron chi connectivity index (χ2n) is 7.90. The Hall–Kier alpha value is -3.46. The smallest absolute Gasteiger partial charge is 0.314 e. The summed E-state index contributed by atoms with van der Waals surface area (Å²) in [6.07, 6.45) is 6.01. The van der Waals surface area contributed by atoms with Crippen molar-refractivity contribution in [1.29, 1.82) is 0 Å². The number of nitrogens with one attached hydrogen (secondary N) is 1.